The number of hydrogen-bond donors (Lipinski definition) is 0. The van der Waals surface area contributed by atoms with Crippen molar-refractivity contribution >= 4 is 17.8 Å². The molecule has 1 atom stereocenters. The van der Waals surface area contributed by atoms with E-state index < -0.39 is 11.8 Å². The van der Waals surface area contributed by atoms with Crippen LogP contribution < -0.4 is 0 Å². The van der Waals surface area contributed by atoms with Crippen molar-refractivity contribution < 1.29 is 14.3 Å². The number of hydrogen-bond acceptors (Lipinski definition) is 3. The van der Waals surface area contributed by atoms with Gasteiger partial charge in [0.1, 0.15) is 6.61 Å². The van der Waals surface area contributed by atoms with Gasteiger partial charge < -0.3 is 9.47 Å². The molecule has 1 aliphatic heterocycles. The summed E-state index contributed by atoms with van der Waals surface area (Å²) in [4.78, 5) is 11.2. The number of cyclic esters (lactones) is 2. The van der Waals surface area contributed by atoms with Crippen molar-refractivity contribution in [3.63, 3.8) is 0 Å². The Hall–Kier alpha value is -1.66. The second kappa shape index (κ2) is 7.95. The van der Waals surface area contributed by atoms with Gasteiger partial charge in [0.15, 0.2) is 0 Å². The number of carbonyl (C=O) groups excluding carboxylic acids is 1. The molecule has 1 saturated heterocycles. The summed E-state index contributed by atoms with van der Waals surface area (Å²) in [5.41, 5.74) is 0.475. The van der Waals surface area contributed by atoms with Crippen molar-refractivity contribution in [2.24, 2.45) is 0 Å². The molecule has 2 rings (SSSR count). The number of unbranched alkanes of at least 4 members (excludes halogenated alkanes) is 1. The van der Waals surface area contributed by atoms with Crippen LogP contribution in [-0.4, -0.2) is 24.2 Å². The van der Waals surface area contributed by atoms with Crippen LogP contribution in [0.3, 0.4) is 0 Å². The zero-order valence-electron chi connectivity index (χ0n) is 11.9. The topological polar surface area (TPSA) is 35.5 Å². The van der Waals surface area contributed by atoms with Crippen LogP contribution in [-0.2, 0) is 15.9 Å². The molecule has 112 valence electrons. The number of ether oxygens (including phenoxy) is 2. The highest BCUT2D eigenvalue weighted by Crippen LogP contribution is 2.25. The lowest BCUT2D eigenvalue weighted by atomic mass is 9.98. The van der Waals surface area contributed by atoms with E-state index in [1.807, 2.05) is 18.2 Å². The van der Waals surface area contributed by atoms with Crippen LogP contribution in [0, 0.1) is 11.8 Å². The minimum Gasteiger partial charge on any atom is -0.429 e. The van der Waals surface area contributed by atoms with E-state index in [-0.39, 0.29) is 6.61 Å². The first-order chi connectivity index (χ1) is 10.2. The first-order valence-corrected chi connectivity index (χ1v) is 7.73. The maximum Gasteiger partial charge on any atom is 0.510 e. The Morgan fingerprint density at radius 3 is 2.71 bits per heavy atom. The summed E-state index contributed by atoms with van der Waals surface area (Å²) in [6.07, 6.45) is 3.42. The van der Waals surface area contributed by atoms with Crippen molar-refractivity contribution in [1.82, 2.24) is 0 Å². The second-order valence-electron chi connectivity index (χ2n) is 5.07. The van der Waals surface area contributed by atoms with Gasteiger partial charge in [0.05, 0.1) is 0 Å². The molecule has 1 aromatic rings. The van der Waals surface area contributed by atoms with Gasteiger partial charge in [-0.25, -0.2) is 4.79 Å². The molecule has 3 nitrogen and oxygen atoms in total. The van der Waals surface area contributed by atoms with Crippen LogP contribution in [0.4, 0.5) is 4.79 Å². The Balaban J connectivity index is 1.90. The van der Waals surface area contributed by atoms with E-state index in [1.165, 1.54) is 5.56 Å². The van der Waals surface area contributed by atoms with Crippen LogP contribution in [0.5, 0.6) is 0 Å². The number of halogens is 1. The van der Waals surface area contributed by atoms with Crippen molar-refractivity contribution in [3.05, 3.63) is 35.9 Å². The van der Waals surface area contributed by atoms with Crippen LogP contribution in [0.25, 0.3) is 0 Å². The fraction of sp³-hybridized carbons (Fsp3) is 0.471. The molecule has 0 aliphatic carbocycles. The van der Waals surface area contributed by atoms with Gasteiger partial charge in [-0.05, 0) is 24.8 Å². The third-order valence-corrected chi connectivity index (χ3v) is 3.63. The van der Waals surface area contributed by atoms with Crippen LogP contribution in [0.2, 0.25) is 0 Å². The summed E-state index contributed by atoms with van der Waals surface area (Å²) >= 11 is 5.68. The Morgan fingerprint density at radius 2 is 2.05 bits per heavy atom. The lowest BCUT2D eigenvalue weighted by Gasteiger charge is -2.17. The van der Waals surface area contributed by atoms with Crippen molar-refractivity contribution in [2.45, 2.75) is 37.7 Å². The lowest BCUT2D eigenvalue weighted by Crippen LogP contribution is -2.29. The number of alkyl halides is 1. The van der Waals surface area contributed by atoms with Gasteiger partial charge in [-0.1, -0.05) is 42.2 Å². The van der Waals surface area contributed by atoms with Gasteiger partial charge in [0.2, 0.25) is 5.60 Å². The van der Waals surface area contributed by atoms with Gasteiger partial charge in [-0.15, -0.1) is 11.6 Å². The van der Waals surface area contributed by atoms with Crippen LogP contribution in [0.1, 0.15) is 31.2 Å². The average molecular weight is 307 g/mol. The average Bonchev–Trinajstić information content (AvgIpc) is 2.87. The maximum atomic E-state index is 11.2. The number of carbonyl (C=O) groups is 1. The molecule has 0 N–H and O–H groups in total. The lowest BCUT2D eigenvalue weighted by molar-refractivity contribution is 0.0884. The zero-order chi connectivity index (χ0) is 15.0. The molecule has 1 aromatic carbocycles. The van der Waals surface area contributed by atoms with Crippen LogP contribution in [0.15, 0.2) is 30.3 Å². The maximum absolute atomic E-state index is 11.2. The Labute approximate surface area is 130 Å². The van der Waals surface area contributed by atoms with E-state index in [9.17, 15) is 4.79 Å². The molecule has 1 aliphatic rings. The summed E-state index contributed by atoms with van der Waals surface area (Å²) in [5.74, 6) is 6.82. The minimum atomic E-state index is -0.778. The number of benzene rings is 1. The fourth-order valence-corrected chi connectivity index (χ4v) is 2.41. The minimum absolute atomic E-state index is 0.215. The first-order valence-electron chi connectivity index (χ1n) is 7.20. The van der Waals surface area contributed by atoms with E-state index in [0.717, 1.165) is 25.7 Å². The van der Waals surface area contributed by atoms with E-state index in [4.69, 9.17) is 21.1 Å². The van der Waals surface area contributed by atoms with Gasteiger partial charge in [-0.3, -0.25) is 0 Å². The van der Waals surface area contributed by atoms with Crippen molar-refractivity contribution in [2.75, 3.05) is 12.5 Å². The van der Waals surface area contributed by atoms with E-state index in [0.29, 0.717) is 12.3 Å². The zero-order valence-corrected chi connectivity index (χ0v) is 12.7. The Kier molecular flexibility index (Phi) is 5.95. The summed E-state index contributed by atoms with van der Waals surface area (Å²) < 4.78 is 10.2. The van der Waals surface area contributed by atoms with Crippen molar-refractivity contribution in [3.8, 4) is 11.8 Å². The predicted molar refractivity (Wildman–Crippen MR) is 82.3 cm³/mol. The normalized spacial score (nSPS) is 20.3. The highest BCUT2D eigenvalue weighted by atomic mass is 35.5. The summed E-state index contributed by atoms with van der Waals surface area (Å²) in [5, 5.41) is 0. The molecular formula is C17H19ClO3. The van der Waals surface area contributed by atoms with Gasteiger partial charge in [-0.2, -0.15) is 0 Å². The highest BCUT2D eigenvalue weighted by Gasteiger charge is 2.40. The SMILES string of the molecule is O=C1OCC(C#CCCc2ccccc2)(CCCCCl)O1. The predicted octanol–water partition coefficient (Wildman–Crippen LogP) is 3.94. The highest BCUT2D eigenvalue weighted by molar-refractivity contribution is 6.17. The summed E-state index contributed by atoms with van der Waals surface area (Å²) in [7, 11) is 0. The van der Waals surface area contributed by atoms with Crippen LogP contribution >= 0.6 is 11.6 Å². The summed E-state index contributed by atoms with van der Waals surface area (Å²) in [6.45, 7) is 0.215. The van der Waals surface area contributed by atoms with E-state index in [1.54, 1.807) is 0 Å². The molecule has 21 heavy (non-hydrogen) atoms. The molecule has 0 bridgehead atoms. The standard InChI is InChI=1S/C17H19ClO3/c18-13-7-6-12-17(14-20-16(19)21-17)11-5-4-10-15-8-2-1-3-9-15/h1-3,8-9H,4,6-7,10,12-14H2. The molecule has 0 amide bonds. The largest absolute Gasteiger partial charge is 0.510 e. The first kappa shape index (κ1) is 15.7. The molecule has 0 saturated carbocycles. The molecule has 0 spiro atoms. The summed E-state index contributed by atoms with van der Waals surface area (Å²) in [6, 6.07) is 10.2. The van der Waals surface area contributed by atoms with Gasteiger partial charge in [0, 0.05) is 18.7 Å². The molecule has 0 radical (unpaired) electrons. The Morgan fingerprint density at radius 1 is 1.24 bits per heavy atom. The van der Waals surface area contributed by atoms with Gasteiger partial charge >= 0.3 is 6.16 Å². The van der Waals surface area contributed by atoms with Gasteiger partial charge in [0.25, 0.3) is 0 Å². The second-order valence-corrected chi connectivity index (χ2v) is 5.45. The smallest absolute Gasteiger partial charge is 0.429 e. The van der Waals surface area contributed by atoms with E-state index in [2.05, 4.69) is 24.0 Å². The van der Waals surface area contributed by atoms with Crippen molar-refractivity contribution in [1.29, 1.82) is 0 Å². The molecule has 4 heteroatoms. The molecular weight excluding hydrogens is 288 g/mol. The quantitative estimate of drug-likeness (QED) is 0.346. The Bertz CT molecular complexity index is 518. The third kappa shape index (κ3) is 4.99. The van der Waals surface area contributed by atoms with E-state index >= 15 is 0 Å². The molecule has 1 fully saturated rings. The fourth-order valence-electron chi connectivity index (χ4n) is 2.22. The third-order valence-electron chi connectivity index (χ3n) is 3.36. The number of aryl methyl sites for hydroxylation is 1. The number of rotatable bonds is 6. The molecule has 1 unspecified atom stereocenters. The monoisotopic (exact) mass is 306 g/mol. The molecule has 1 heterocycles. The molecule has 0 aromatic heterocycles.